The van der Waals surface area contributed by atoms with Crippen molar-refractivity contribution in [3.8, 4) is 0 Å². The first-order valence-electron chi connectivity index (χ1n) is 5.01. The largest absolute Gasteiger partial charge is 0.443 e. The molecule has 0 spiro atoms. The molecule has 0 aromatic heterocycles. The molecule has 5 nitrogen and oxygen atoms in total. The quantitative estimate of drug-likeness (QED) is 0.704. The van der Waals surface area contributed by atoms with Crippen molar-refractivity contribution in [3.05, 3.63) is 12.3 Å². The smallest absolute Gasteiger partial charge is 0.415 e. The maximum atomic E-state index is 11.7. The molecule has 0 aliphatic carbocycles. The molecule has 1 rings (SSSR count). The number of nitrogens with two attached hydrogens (primary N) is 1. The monoisotopic (exact) mass is 213 g/mol. The summed E-state index contributed by atoms with van der Waals surface area (Å²) in [4.78, 5) is 15.1. The van der Waals surface area contributed by atoms with E-state index in [9.17, 15) is 4.79 Å². The number of amides is 1. The molecule has 0 fully saturated rings. The molecular formula is C10H19N3O2. The summed E-state index contributed by atoms with van der Waals surface area (Å²) < 4.78 is 5.24. The van der Waals surface area contributed by atoms with Crippen molar-refractivity contribution in [1.82, 2.24) is 9.80 Å². The van der Waals surface area contributed by atoms with Crippen LogP contribution in [0.5, 0.6) is 0 Å². The lowest BCUT2D eigenvalue weighted by molar-refractivity contribution is 0.0228. The molecule has 0 atom stereocenters. The van der Waals surface area contributed by atoms with Crippen molar-refractivity contribution in [2.75, 3.05) is 19.9 Å². The van der Waals surface area contributed by atoms with Gasteiger partial charge in [0, 0.05) is 19.4 Å². The fourth-order valence-corrected chi connectivity index (χ4v) is 1.22. The molecule has 0 radical (unpaired) electrons. The van der Waals surface area contributed by atoms with Gasteiger partial charge in [-0.15, -0.1) is 0 Å². The summed E-state index contributed by atoms with van der Waals surface area (Å²) in [5.74, 6) is 0. The predicted molar refractivity (Wildman–Crippen MR) is 57.8 cm³/mol. The number of hydrogen-bond donors (Lipinski definition) is 1. The molecule has 0 bridgehead atoms. The minimum absolute atomic E-state index is 0.336. The molecule has 15 heavy (non-hydrogen) atoms. The first-order valence-corrected chi connectivity index (χ1v) is 5.01. The number of rotatable bonds is 1. The second-order valence-corrected chi connectivity index (χ2v) is 4.51. The van der Waals surface area contributed by atoms with E-state index in [4.69, 9.17) is 10.5 Å². The molecule has 0 aromatic carbocycles. The molecule has 0 unspecified atom stereocenters. The van der Waals surface area contributed by atoms with Gasteiger partial charge in [0.25, 0.3) is 0 Å². The van der Waals surface area contributed by atoms with E-state index in [0.717, 1.165) is 6.54 Å². The zero-order valence-corrected chi connectivity index (χ0v) is 9.56. The third-order valence-corrected chi connectivity index (χ3v) is 1.89. The van der Waals surface area contributed by atoms with Gasteiger partial charge in [-0.1, -0.05) is 6.08 Å². The molecule has 1 heterocycles. The van der Waals surface area contributed by atoms with Crippen LogP contribution in [0.25, 0.3) is 0 Å². The Morgan fingerprint density at radius 1 is 1.53 bits per heavy atom. The van der Waals surface area contributed by atoms with Gasteiger partial charge in [-0.25, -0.2) is 4.79 Å². The fourth-order valence-electron chi connectivity index (χ4n) is 1.22. The number of carbonyl (C=O) groups is 1. The van der Waals surface area contributed by atoms with E-state index in [1.54, 1.807) is 6.20 Å². The first-order chi connectivity index (χ1) is 6.92. The minimum Gasteiger partial charge on any atom is -0.443 e. The Kier molecular flexibility index (Phi) is 3.71. The molecule has 86 valence electrons. The number of carbonyl (C=O) groups excluding carboxylic acids is 1. The van der Waals surface area contributed by atoms with Gasteiger partial charge in [-0.05, 0) is 20.8 Å². The molecule has 0 saturated carbocycles. The molecule has 1 aliphatic rings. The second-order valence-electron chi connectivity index (χ2n) is 4.51. The lowest BCUT2D eigenvalue weighted by Crippen LogP contribution is -2.45. The van der Waals surface area contributed by atoms with Crippen molar-refractivity contribution in [2.45, 2.75) is 26.4 Å². The molecular weight excluding hydrogens is 194 g/mol. The lowest BCUT2D eigenvalue weighted by Gasteiger charge is -2.31. The topological polar surface area (TPSA) is 58.8 Å². The summed E-state index contributed by atoms with van der Waals surface area (Å²) in [6, 6.07) is 0. The van der Waals surface area contributed by atoms with Crippen molar-refractivity contribution in [2.24, 2.45) is 5.73 Å². The Morgan fingerprint density at radius 2 is 2.20 bits per heavy atom. The molecule has 5 heteroatoms. The van der Waals surface area contributed by atoms with Gasteiger partial charge >= 0.3 is 6.09 Å². The van der Waals surface area contributed by atoms with Crippen LogP contribution in [-0.2, 0) is 4.74 Å². The van der Waals surface area contributed by atoms with E-state index >= 15 is 0 Å². The third-order valence-electron chi connectivity index (χ3n) is 1.89. The molecule has 1 aliphatic heterocycles. The lowest BCUT2D eigenvalue weighted by atomic mass is 10.2. The second kappa shape index (κ2) is 4.63. The number of nitrogens with zero attached hydrogens (tertiary/aromatic N) is 2. The van der Waals surface area contributed by atoms with Gasteiger partial charge in [0.05, 0.1) is 6.67 Å². The Morgan fingerprint density at radius 3 is 2.73 bits per heavy atom. The Balaban J connectivity index is 2.53. The van der Waals surface area contributed by atoms with Crippen molar-refractivity contribution < 1.29 is 9.53 Å². The zero-order valence-electron chi connectivity index (χ0n) is 9.56. The van der Waals surface area contributed by atoms with Crippen LogP contribution in [0.4, 0.5) is 4.79 Å². The fraction of sp³-hybridized carbons (Fsp3) is 0.700. The van der Waals surface area contributed by atoms with E-state index in [1.807, 2.05) is 31.7 Å². The van der Waals surface area contributed by atoms with Gasteiger partial charge in [0.2, 0.25) is 0 Å². The van der Waals surface area contributed by atoms with Crippen LogP contribution in [0.1, 0.15) is 20.8 Å². The first kappa shape index (κ1) is 12.0. The highest BCUT2D eigenvalue weighted by atomic mass is 16.6. The molecule has 2 N–H and O–H groups in total. The normalized spacial score (nSPS) is 18.0. The van der Waals surface area contributed by atoms with Crippen LogP contribution in [0.15, 0.2) is 12.3 Å². The van der Waals surface area contributed by atoms with Crippen molar-refractivity contribution in [3.63, 3.8) is 0 Å². The minimum atomic E-state index is -0.462. The third kappa shape index (κ3) is 3.89. The van der Waals surface area contributed by atoms with Crippen LogP contribution < -0.4 is 5.73 Å². The van der Waals surface area contributed by atoms with E-state index in [2.05, 4.69) is 0 Å². The maximum Gasteiger partial charge on any atom is 0.415 e. The van der Waals surface area contributed by atoms with Gasteiger partial charge in [-0.3, -0.25) is 9.80 Å². The van der Waals surface area contributed by atoms with Gasteiger partial charge in [-0.2, -0.15) is 0 Å². The molecule has 0 aromatic rings. The summed E-state index contributed by atoms with van der Waals surface area (Å²) in [7, 11) is 0. The average molecular weight is 213 g/mol. The van der Waals surface area contributed by atoms with Crippen LogP contribution in [0, 0.1) is 0 Å². The van der Waals surface area contributed by atoms with Crippen molar-refractivity contribution >= 4 is 6.09 Å². The average Bonchev–Trinajstić information content (AvgIpc) is 2.15. The van der Waals surface area contributed by atoms with Crippen molar-refractivity contribution in [1.29, 1.82) is 0 Å². The number of ether oxygens (including phenoxy) is 1. The van der Waals surface area contributed by atoms with E-state index < -0.39 is 5.60 Å². The Bertz CT molecular complexity index is 258. The summed E-state index contributed by atoms with van der Waals surface area (Å²) >= 11 is 0. The SMILES string of the molecule is CC(C)(C)OC(=O)N1C=CCN(CN)C1. The summed E-state index contributed by atoms with van der Waals surface area (Å²) in [5.41, 5.74) is 5.04. The molecule has 1 amide bonds. The van der Waals surface area contributed by atoms with Gasteiger partial charge in [0.1, 0.15) is 5.60 Å². The van der Waals surface area contributed by atoms with Gasteiger partial charge in [0.15, 0.2) is 0 Å². The van der Waals surface area contributed by atoms with Crippen LogP contribution in [-0.4, -0.2) is 41.4 Å². The Hall–Kier alpha value is -1.07. The highest BCUT2D eigenvalue weighted by Gasteiger charge is 2.23. The van der Waals surface area contributed by atoms with Crippen LogP contribution in [0.2, 0.25) is 0 Å². The Labute approximate surface area is 90.5 Å². The maximum absolute atomic E-state index is 11.7. The number of hydrogen-bond acceptors (Lipinski definition) is 4. The van der Waals surface area contributed by atoms with Gasteiger partial charge < -0.3 is 10.5 Å². The van der Waals surface area contributed by atoms with E-state index in [-0.39, 0.29) is 6.09 Å². The summed E-state index contributed by atoms with van der Waals surface area (Å²) in [5, 5.41) is 0. The highest BCUT2D eigenvalue weighted by molar-refractivity contribution is 5.69. The molecule has 0 saturated heterocycles. The summed E-state index contributed by atoms with van der Waals surface area (Å²) in [6.07, 6.45) is 3.29. The predicted octanol–water partition coefficient (Wildman–Crippen LogP) is 0.927. The summed E-state index contributed by atoms with van der Waals surface area (Å²) in [6.45, 7) is 7.24. The highest BCUT2D eigenvalue weighted by Crippen LogP contribution is 2.12. The van der Waals surface area contributed by atoms with E-state index in [0.29, 0.717) is 13.3 Å². The standard InChI is InChI=1S/C10H19N3O2/c1-10(2,3)15-9(14)13-6-4-5-12(7-11)8-13/h4,6H,5,7-8,11H2,1-3H3. The van der Waals surface area contributed by atoms with Crippen LogP contribution >= 0.6 is 0 Å². The van der Waals surface area contributed by atoms with E-state index in [1.165, 1.54) is 4.90 Å². The van der Waals surface area contributed by atoms with Crippen LogP contribution in [0.3, 0.4) is 0 Å². The zero-order chi connectivity index (χ0) is 11.5.